The van der Waals surface area contributed by atoms with E-state index < -0.39 is 0 Å². The van der Waals surface area contributed by atoms with Gasteiger partial charge in [-0.3, -0.25) is 4.79 Å². The van der Waals surface area contributed by atoms with Crippen LogP contribution in [-0.2, 0) is 9.53 Å². The number of esters is 1. The topological polar surface area (TPSA) is 58.6 Å². The van der Waals surface area contributed by atoms with E-state index >= 15 is 0 Å². The van der Waals surface area contributed by atoms with Crippen LogP contribution in [0.15, 0.2) is 12.2 Å². The Kier molecular flexibility index (Phi) is 7.84. The molecule has 0 aliphatic heterocycles. The normalized spacial score (nSPS) is 9.59. The van der Waals surface area contributed by atoms with Crippen molar-refractivity contribution in [3.63, 3.8) is 0 Å². The summed E-state index contributed by atoms with van der Waals surface area (Å²) in [5.74, 6) is -0.327. The number of amides is 2. The van der Waals surface area contributed by atoms with E-state index in [1.807, 2.05) is 6.92 Å². The van der Waals surface area contributed by atoms with Gasteiger partial charge in [-0.05, 0) is 12.8 Å². The summed E-state index contributed by atoms with van der Waals surface area (Å²) in [4.78, 5) is 23.9. The zero-order valence-corrected chi connectivity index (χ0v) is 10.9. The Morgan fingerprint density at radius 1 is 1.35 bits per heavy atom. The molecule has 1 N–H and O–H groups in total. The number of ether oxygens (including phenoxy) is 1. The van der Waals surface area contributed by atoms with Gasteiger partial charge in [0.2, 0.25) is 0 Å². The van der Waals surface area contributed by atoms with Crippen LogP contribution in [0.25, 0.3) is 0 Å². The summed E-state index contributed by atoms with van der Waals surface area (Å²) in [7, 11) is 3.04. The van der Waals surface area contributed by atoms with Crippen molar-refractivity contribution in [2.75, 3.05) is 27.2 Å². The molecule has 0 rings (SSSR count). The smallest absolute Gasteiger partial charge is 0.317 e. The lowest BCUT2D eigenvalue weighted by Crippen LogP contribution is -2.38. The Morgan fingerprint density at radius 2 is 2.00 bits per heavy atom. The van der Waals surface area contributed by atoms with Gasteiger partial charge in [-0.25, -0.2) is 4.79 Å². The fourth-order valence-electron chi connectivity index (χ4n) is 1.11. The number of urea groups is 1. The summed E-state index contributed by atoms with van der Waals surface area (Å²) in [5.41, 5.74) is 1.12. The molecular formula is C12H22N2O3. The van der Waals surface area contributed by atoms with Gasteiger partial charge in [0, 0.05) is 20.1 Å². The molecule has 98 valence electrons. The SMILES string of the molecule is C=C(CC)CCN(C)C(=O)NCCC(=O)OC. The Bertz CT molecular complexity index is 277. The molecule has 0 aliphatic carbocycles. The van der Waals surface area contributed by atoms with Crippen LogP contribution < -0.4 is 5.32 Å². The van der Waals surface area contributed by atoms with Gasteiger partial charge in [-0.1, -0.05) is 19.1 Å². The highest BCUT2D eigenvalue weighted by Crippen LogP contribution is 2.03. The molecule has 5 nitrogen and oxygen atoms in total. The number of nitrogens with one attached hydrogen (secondary N) is 1. The number of nitrogens with zero attached hydrogens (tertiary/aromatic N) is 1. The lowest BCUT2D eigenvalue weighted by atomic mass is 10.1. The first-order valence-electron chi connectivity index (χ1n) is 5.73. The minimum atomic E-state index is -0.327. The predicted octanol–water partition coefficient (Wildman–Crippen LogP) is 1.55. The molecule has 0 fully saturated rings. The van der Waals surface area contributed by atoms with Crippen LogP contribution in [0.2, 0.25) is 0 Å². The number of methoxy groups -OCH3 is 1. The van der Waals surface area contributed by atoms with E-state index in [1.54, 1.807) is 11.9 Å². The first kappa shape index (κ1) is 15.5. The fourth-order valence-corrected chi connectivity index (χ4v) is 1.11. The summed E-state index contributed by atoms with van der Waals surface area (Å²) < 4.78 is 4.47. The number of carbonyl (C=O) groups is 2. The summed E-state index contributed by atoms with van der Waals surface area (Å²) in [5, 5.41) is 2.65. The quantitative estimate of drug-likeness (QED) is 0.544. The predicted molar refractivity (Wildman–Crippen MR) is 66.7 cm³/mol. The molecule has 0 unspecified atom stereocenters. The lowest BCUT2D eigenvalue weighted by Gasteiger charge is -2.18. The van der Waals surface area contributed by atoms with E-state index in [4.69, 9.17) is 0 Å². The molecule has 0 spiro atoms. The Hall–Kier alpha value is -1.52. The number of hydrogen-bond acceptors (Lipinski definition) is 3. The highest BCUT2D eigenvalue weighted by molar-refractivity contribution is 5.75. The monoisotopic (exact) mass is 242 g/mol. The van der Waals surface area contributed by atoms with Crippen molar-refractivity contribution in [2.24, 2.45) is 0 Å². The Morgan fingerprint density at radius 3 is 2.53 bits per heavy atom. The molecule has 0 aliphatic rings. The van der Waals surface area contributed by atoms with Crippen molar-refractivity contribution in [1.29, 1.82) is 0 Å². The van der Waals surface area contributed by atoms with Crippen molar-refractivity contribution in [3.8, 4) is 0 Å². The minimum Gasteiger partial charge on any atom is -0.469 e. The standard InChI is InChI=1S/C12H22N2O3/c1-5-10(2)7-9-14(3)12(16)13-8-6-11(15)17-4/h2,5-9H2,1,3-4H3,(H,13,16). The van der Waals surface area contributed by atoms with Crippen LogP contribution >= 0.6 is 0 Å². The van der Waals surface area contributed by atoms with Crippen LogP contribution in [0.1, 0.15) is 26.2 Å². The summed E-state index contributed by atoms with van der Waals surface area (Å²) in [6.07, 6.45) is 1.92. The van der Waals surface area contributed by atoms with Crippen LogP contribution in [0.5, 0.6) is 0 Å². The third kappa shape index (κ3) is 7.38. The lowest BCUT2D eigenvalue weighted by molar-refractivity contribution is -0.140. The first-order chi connectivity index (χ1) is 8.01. The van der Waals surface area contributed by atoms with Crippen molar-refractivity contribution in [1.82, 2.24) is 10.2 Å². The van der Waals surface area contributed by atoms with Crippen molar-refractivity contribution < 1.29 is 14.3 Å². The second-order valence-electron chi connectivity index (χ2n) is 3.83. The molecule has 0 aromatic carbocycles. The first-order valence-corrected chi connectivity index (χ1v) is 5.73. The van der Waals surface area contributed by atoms with Crippen molar-refractivity contribution >= 4 is 12.0 Å². The van der Waals surface area contributed by atoms with Gasteiger partial charge in [0.05, 0.1) is 13.5 Å². The number of rotatable bonds is 7. The van der Waals surface area contributed by atoms with Crippen LogP contribution in [0.4, 0.5) is 4.79 Å². The fraction of sp³-hybridized carbons (Fsp3) is 0.667. The van der Waals surface area contributed by atoms with Gasteiger partial charge in [-0.15, -0.1) is 0 Å². The Balaban J connectivity index is 3.74. The second-order valence-corrected chi connectivity index (χ2v) is 3.83. The molecule has 0 aromatic rings. The molecule has 0 bridgehead atoms. The van der Waals surface area contributed by atoms with Crippen LogP contribution in [-0.4, -0.2) is 44.1 Å². The maximum Gasteiger partial charge on any atom is 0.317 e. The van der Waals surface area contributed by atoms with Crippen molar-refractivity contribution in [2.45, 2.75) is 26.2 Å². The summed E-state index contributed by atoms with van der Waals surface area (Å²) >= 11 is 0. The maximum absolute atomic E-state index is 11.5. The van der Waals surface area contributed by atoms with Gasteiger partial charge in [0.25, 0.3) is 0 Å². The van der Waals surface area contributed by atoms with Crippen molar-refractivity contribution in [3.05, 3.63) is 12.2 Å². The third-order valence-electron chi connectivity index (χ3n) is 2.48. The maximum atomic E-state index is 11.5. The van der Waals surface area contributed by atoms with E-state index in [9.17, 15) is 9.59 Å². The van der Waals surface area contributed by atoms with E-state index in [-0.39, 0.29) is 18.4 Å². The van der Waals surface area contributed by atoms with Crippen LogP contribution in [0.3, 0.4) is 0 Å². The average Bonchev–Trinajstić information content (AvgIpc) is 2.34. The molecule has 0 saturated carbocycles. The average molecular weight is 242 g/mol. The molecule has 2 amide bonds. The van der Waals surface area contributed by atoms with E-state index in [0.717, 1.165) is 18.4 Å². The van der Waals surface area contributed by atoms with Crippen LogP contribution in [0, 0.1) is 0 Å². The van der Waals surface area contributed by atoms with E-state index in [0.29, 0.717) is 13.1 Å². The zero-order valence-electron chi connectivity index (χ0n) is 10.9. The highest BCUT2D eigenvalue weighted by atomic mass is 16.5. The molecule has 0 saturated heterocycles. The molecular weight excluding hydrogens is 220 g/mol. The highest BCUT2D eigenvalue weighted by Gasteiger charge is 2.08. The Labute approximate surface area is 103 Å². The van der Waals surface area contributed by atoms with Gasteiger partial charge in [-0.2, -0.15) is 0 Å². The summed E-state index contributed by atoms with van der Waals surface area (Å²) in [6.45, 7) is 6.85. The molecule has 0 radical (unpaired) electrons. The minimum absolute atomic E-state index is 0.183. The number of carbonyl (C=O) groups excluding carboxylic acids is 2. The second kappa shape index (κ2) is 8.61. The van der Waals surface area contributed by atoms with Gasteiger partial charge in [0.1, 0.15) is 0 Å². The zero-order chi connectivity index (χ0) is 13.3. The largest absolute Gasteiger partial charge is 0.469 e. The third-order valence-corrected chi connectivity index (χ3v) is 2.48. The molecule has 17 heavy (non-hydrogen) atoms. The van der Waals surface area contributed by atoms with E-state index in [2.05, 4.69) is 16.6 Å². The van der Waals surface area contributed by atoms with Gasteiger partial charge in [0.15, 0.2) is 0 Å². The molecule has 5 heteroatoms. The molecule has 0 aromatic heterocycles. The van der Waals surface area contributed by atoms with Gasteiger partial charge >= 0.3 is 12.0 Å². The molecule has 0 atom stereocenters. The number of hydrogen-bond donors (Lipinski definition) is 1. The molecule has 0 heterocycles. The van der Waals surface area contributed by atoms with Gasteiger partial charge < -0.3 is 15.0 Å². The summed E-state index contributed by atoms with van der Waals surface area (Å²) in [6, 6.07) is -0.183. The van der Waals surface area contributed by atoms with E-state index in [1.165, 1.54) is 7.11 Å².